The SMILES string of the molecule is CCOCC(=O)N1CC=C(c2ccc(NC(=O)N3CC(c4cccnc4)C3)cc2)CC1. The molecule has 1 aromatic heterocycles. The van der Waals surface area contributed by atoms with E-state index in [-0.39, 0.29) is 18.5 Å². The molecule has 4 rings (SSSR count). The lowest BCUT2D eigenvalue weighted by Crippen LogP contribution is -2.50. The van der Waals surface area contributed by atoms with Gasteiger partial charge in [-0.05, 0) is 48.2 Å². The molecule has 31 heavy (non-hydrogen) atoms. The highest BCUT2D eigenvalue weighted by Crippen LogP contribution is 2.27. The number of carbonyl (C=O) groups is 2. The number of anilines is 1. The van der Waals surface area contributed by atoms with Crippen molar-refractivity contribution >= 4 is 23.2 Å². The molecule has 1 aromatic carbocycles. The van der Waals surface area contributed by atoms with Crippen LogP contribution in [0.5, 0.6) is 0 Å². The number of hydrogen-bond acceptors (Lipinski definition) is 4. The molecule has 1 saturated heterocycles. The number of rotatable bonds is 6. The van der Waals surface area contributed by atoms with E-state index >= 15 is 0 Å². The first kappa shape index (κ1) is 21.1. The maximum absolute atomic E-state index is 12.5. The molecule has 1 fully saturated rings. The molecule has 0 spiro atoms. The van der Waals surface area contributed by atoms with Crippen LogP contribution in [0.25, 0.3) is 5.57 Å². The molecule has 1 N–H and O–H groups in total. The van der Waals surface area contributed by atoms with Crippen LogP contribution in [0.1, 0.15) is 30.4 Å². The van der Waals surface area contributed by atoms with Gasteiger partial charge in [-0.2, -0.15) is 0 Å². The number of carbonyl (C=O) groups excluding carboxylic acids is 2. The zero-order valence-electron chi connectivity index (χ0n) is 17.8. The number of pyridine rings is 1. The lowest BCUT2D eigenvalue weighted by Gasteiger charge is -2.39. The fourth-order valence-electron chi connectivity index (χ4n) is 3.88. The molecule has 0 radical (unpaired) electrons. The van der Waals surface area contributed by atoms with Crippen LogP contribution in [-0.4, -0.2) is 66.1 Å². The summed E-state index contributed by atoms with van der Waals surface area (Å²) in [5, 5.41) is 2.97. The summed E-state index contributed by atoms with van der Waals surface area (Å²) < 4.78 is 5.21. The number of ether oxygens (including phenoxy) is 1. The number of likely N-dealkylation sites (tertiary alicyclic amines) is 1. The zero-order chi connectivity index (χ0) is 21.6. The Morgan fingerprint density at radius 2 is 1.97 bits per heavy atom. The Bertz CT molecular complexity index is 937. The third kappa shape index (κ3) is 5.11. The highest BCUT2D eigenvalue weighted by molar-refractivity contribution is 5.90. The van der Waals surface area contributed by atoms with Crippen molar-refractivity contribution in [2.24, 2.45) is 0 Å². The van der Waals surface area contributed by atoms with Gasteiger partial charge in [0.2, 0.25) is 5.91 Å². The van der Waals surface area contributed by atoms with E-state index in [0.717, 1.165) is 17.7 Å². The second-order valence-electron chi connectivity index (χ2n) is 7.85. The van der Waals surface area contributed by atoms with Crippen LogP contribution in [0, 0.1) is 0 Å². The number of urea groups is 1. The van der Waals surface area contributed by atoms with E-state index < -0.39 is 0 Å². The molecule has 0 unspecified atom stereocenters. The van der Waals surface area contributed by atoms with Crippen molar-refractivity contribution in [3.8, 4) is 0 Å². The minimum absolute atomic E-state index is 0.0342. The molecular formula is C24H28N4O3. The topological polar surface area (TPSA) is 74.8 Å². The Hall–Kier alpha value is -3.19. The maximum Gasteiger partial charge on any atom is 0.321 e. The van der Waals surface area contributed by atoms with E-state index in [0.29, 0.717) is 38.7 Å². The van der Waals surface area contributed by atoms with E-state index in [1.165, 1.54) is 11.1 Å². The van der Waals surface area contributed by atoms with Crippen LogP contribution in [0.2, 0.25) is 0 Å². The summed E-state index contributed by atoms with van der Waals surface area (Å²) in [5.74, 6) is 0.395. The summed E-state index contributed by atoms with van der Waals surface area (Å²) >= 11 is 0. The smallest absolute Gasteiger partial charge is 0.321 e. The first-order valence-electron chi connectivity index (χ1n) is 10.7. The van der Waals surface area contributed by atoms with E-state index in [2.05, 4.69) is 22.4 Å². The number of amides is 3. The Balaban J connectivity index is 1.27. The predicted octanol–water partition coefficient (Wildman–Crippen LogP) is 3.37. The molecule has 0 atom stereocenters. The third-order valence-electron chi connectivity index (χ3n) is 5.82. The Kier molecular flexibility index (Phi) is 6.62. The van der Waals surface area contributed by atoms with Crippen LogP contribution in [0.3, 0.4) is 0 Å². The molecule has 2 aromatic rings. The Morgan fingerprint density at radius 3 is 2.61 bits per heavy atom. The minimum Gasteiger partial charge on any atom is -0.372 e. The second kappa shape index (κ2) is 9.75. The van der Waals surface area contributed by atoms with Gasteiger partial charge < -0.3 is 19.9 Å². The molecule has 3 amide bonds. The van der Waals surface area contributed by atoms with Gasteiger partial charge in [-0.15, -0.1) is 0 Å². The number of aromatic nitrogens is 1. The summed E-state index contributed by atoms with van der Waals surface area (Å²) in [5.41, 5.74) is 4.30. The Labute approximate surface area is 182 Å². The largest absolute Gasteiger partial charge is 0.372 e. The van der Waals surface area contributed by atoms with Crippen LogP contribution in [0.15, 0.2) is 54.9 Å². The zero-order valence-corrected chi connectivity index (χ0v) is 17.8. The maximum atomic E-state index is 12.5. The van der Waals surface area contributed by atoms with Gasteiger partial charge in [0.25, 0.3) is 0 Å². The van der Waals surface area contributed by atoms with Crippen molar-refractivity contribution in [1.82, 2.24) is 14.8 Å². The molecule has 2 aliphatic rings. The fourth-order valence-corrected chi connectivity index (χ4v) is 3.88. The average Bonchev–Trinajstić information content (AvgIpc) is 2.78. The van der Waals surface area contributed by atoms with Gasteiger partial charge in [0.15, 0.2) is 0 Å². The molecule has 0 saturated carbocycles. The first-order valence-corrected chi connectivity index (χ1v) is 10.7. The summed E-state index contributed by atoms with van der Waals surface area (Å²) in [7, 11) is 0. The third-order valence-corrected chi connectivity index (χ3v) is 5.82. The molecule has 7 heteroatoms. The first-order chi connectivity index (χ1) is 15.1. The fraction of sp³-hybridized carbons (Fsp3) is 0.375. The quantitative estimate of drug-likeness (QED) is 0.778. The molecule has 0 bridgehead atoms. The molecule has 3 heterocycles. The van der Waals surface area contributed by atoms with E-state index in [1.807, 2.05) is 53.3 Å². The van der Waals surface area contributed by atoms with Crippen LogP contribution < -0.4 is 5.32 Å². The van der Waals surface area contributed by atoms with Crippen LogP contribution >= 0.6 is 0 Å². The van der Waals surface area contributed by atoms with E-state index in [4.69, 9.17) is 4.74 Å². The number of nitrogens with zero attached hydrogens (tertiary/aromatic N) is 3. The van der Waals surface area contributed by atoms with Crippen molar-refractivity contribution in [3.05, 3.63) is 66.0 Å². The lowest BCUT2D eigenvalue weighted by atomic mass is 9.93. The second-order valence-corrected chi connectivity index (χ2v) is 7.85. The van der Waals surface area contributed by atoms with Gasteiger partial charge in [0.1, 0.15) is 6.61 Å². The van der Waals surface area contributed by atoms with E-state index in [9.17, 15) is 9.59 Å². The average molecular weight is 421 g/mol. The van der Waals surface area contributed by atoms with Gasteiger partial charge in [0.05, 0.1) is 0 Å². The standard InChI is InChI=1S/C24H28N4O3/c1-2-31-17-23(29)27-12-9-19(10-13-27)18-5-7-22(8-6-18)26-24(30)28-15-21(16-28)20-4-3-11-25-14-20/h3-9,11,14,21H,2,10,12-13,15-17H2,1H3,(H,26,30). The summed E-state index contributed by atoms with van der Waals surface area (Å²) in [6, 6.07) is 11.8. The van der Waals surface area contributed by atoms with E-state index in [1.54, 1.807) is 6.20 Å². The highest BCUT2D eigenvalue weighted by atomic mass is 16.5. The minimum atomic E-state index is -0.0757. The number of hydrogen-bond donors (Lipinski definition) is 1. The van der Waals surface area contributed by atoms with Crippen molar-refractivity contribution < 1.29 is 14.3 Å². The normalized spacial score (nSPS) is 16.5. The monoisotopic (exact) mass is 420 g/mol. The molecule has 7 nitrogen and oxygen atoms in total. The van der Waals surface area contributed by atoms with Gasteiger partial charge in [0, 0.05) is 56.8 Å². The van der Waals surface area contributed by atoms with Gasteiger partial charge >= 0.3 is 6.03 Å². The molecule has 162 valence electrons. The van der Waals surface area contributed by atoms with Gasteiger partial charge in [-0.25, -0.2) is 4.79 Å². The summed E-state index contributed by atoms with van der Waals surface area (Å²) in [6.07, 6.45) is 6.54. The number of nitrogens with one attached hydrogen (secondary N) is 1. The van der Waals surface area contributed by atoms with Crippen molar-refractivity contribution in [2.45, 2.75) is 19.3 Å². The van der Waals surface area contributed by atoms with Gasteiger partial charge in [-0.3, -0.25) is 9.78 Å². The van der Waals surface area contributed by atoms with Crippen molar-refractivity contribution in [2.75, 3.05) is 44.7 Å². The predicted molar refractivity (Wildman–Crippen MR) is 120 cm³/mol. The Morgan fingerprint density at radius 1 is 1.16 bits per heavy atom. The molecular weight excluding hydrogens is 392 g/mol. The summed E-state index contributed by atoms with van der Waals surface area (Å²) in [4.78, 5) is 32.3. The molecule has 2 aliphatic heterocycles. The lowest BCUT2D eigenvalue weighted by molar-refractivity contribution is -0.135. The van der Waals surface area contributed by atoms with Crippen molar-refractivity contribution in [3.63, 3.8) is 0 Å². The summed E-state index contributed by atoms with van der Waals surface area (Å²) in [6.45, 7) is 5.30. The molecule has 0 aliphatic carbocycles. The number of benzene rings is 1. The van der Waals surface area contributed by atoms with Crippen LogP contribution in [-0.2, 0) is 9.53 Å². The van der Waals surface area contributed by atoms with Gasteiger partial charge in [-0.1, -0.05) is 24.3 Å². The van der Waals surface area contributed by atoms with Crippen LogP contribution in [0.4, 0.5) is 10.5 Å². The van der Waals surface area contributed by atoms with Crippen molar-refractivity contribution in [1.29, 1.82) is 0 Å². The highest BCUT2D eigenvalue weighted by Gasteiger charge is 2.31.